The van der Waals surface area contributed by atoms with Crippen molar-refractivity contribution in [2.45, 2.75) is 13.3 Å². The number of amides is 2. The maximum absolute atomic E-state index is 12.0. The number of nitro benzene ring substituents is 1. The number of benzene rings is 1. The van der Waals surface area contributed by atoms with E-state index in [1.54, 1.807) is 25.3 Å². The maximum atomic E-state index is 12.0. The average molecular weight is 356 g/mol. The lowest BCUT2D eigenvalue weighted by atomic mass is 10.1. The second-order valence-corrected chi connectivity index (χ2v) is 5.32. The molecule has 0 fully saturated rings. The van der Waals surface area contributed by atoms with Crippen molar-refractivity contribution < 1.29 is 14.5 Å². The summed E-state index contributed by atoms with van der Waals surface area (Å²) in [5, 5.41) is 17.3. The van der Waals surface area contributed by atoms with Gasteiger partial charge < -0.3 is 11.1 Å². The van der Waals surface area contributed by atoms with Crippen molar-refractivity contribution in [2.24, 2.45) is 5.10 Å². The molecule has 0 saturated carbocycles. The van der Waals surface area contributed by atoms with Crippen molar-refractivity contribution >= 4 is 34.6 Å². The van der Waals surface area contributed by atoms with E-state index in [0.717, 1.165) is 12.1 Å². The van der Waals surface area contributed by atoms with Crippen LogP contribution in [0, 0.1) is 10.1 Å². The Bertz CT molecular complexity index is 866. The molecule has 0 saturated heterocycles. The standard InChI is InChI=1S/C16H16N6O4/c1-10(5-15(23)19-13-3-2-4-18-9-13)20-21-16(24)11-6-12(17)8-14(7-11)22(25)26/h2-4,6-9H,5,17H2,1H3,(H,19,23)(H,21,24)/b20-10+. The van der Waals surface area contributed by atoms with Crippen molar-refractivity contribution in [3.05, 3.63) is 58.4 Å². The Balaban J connectivity index is 1.96. The van der Waals surface area contributed by atoms with E-state index < -0.39 is 10.8 Å². The van der Waals surface area contributed by atoms with Crippen LogP contribution in [-0.2, 0) is 4.79 Å². The van der Waals surface area contributed by atoms with Crippen molar-refractivity contribution in [1.82, 2.24) is 10.4 Å². The number of carbonyl (C=O) groups is 2. The Hall–Kier alpha value is -3.82. The molecule has 134 valence electrons. The summed E-state index contributed by atoms with van der Waals surface area (Å²) in [7, 11) is 0. The van der Waals surface area contributed by atoms with Gasteiger partial charge in [0, 0.05) is 29.7 Å². The monoisotopic (exact) mass is 356 g/mol. The quantitative estimate of drug-likeness (QED) is 0.310. The summed E-state index contributed by atoms with van der Waals surface area (Å²) >= 11 is 0. The molecule has 0 radical (unpaired) electrons. The molecule has 0 aliphatic carbocycles. The normalized spacial score (nSPS) is 10.9. The molecule has 1 aromatic heterocycles. The molecule has 0 atom stereocenters. The number of rotatable bonds is 6. The maximum Gasteiger partial charge on any atom is 0.272 e. The Morgan fingerprint density at radius 3 is 2.77 bits per heavy atom. The predicted octanol–water partition coefficient (Wildman–Crippen LogP) is 1.71. The average Bonchev–Trinajstić information content (AvgIpc) is 2.59. The summed E-state index contributed by atoms with van der Waals surface area (Å²) in [4.78, 5) is 38.0. The van der Waals surface area contributed by atoms with Crippen LogP contribution in [0.4, 0.5) is 17.1 Å². The third-order valence-electron chi connectivity index (χ3n) is 3.12. The Morgan fingerprint density at radius 2 is 2.12 bits per heavy atom. The number of aromatic nitrogens is 1. The van der Waals surface area contributed by atoms with Crippen molar-refractivity contribution in [3.63, 3.8) is 0 Å². The van der Waals surface area contributed by atoms with Gasteiger partial charge in [-0.3, -0.25) is 24.7 Å². The molecule has 0 aliphatic rings. The second-order valence-electron chi connectivity index (χ2n) is 5.32. The number of nitro groups is 1. The fraction of sp³-hybridized carbons (Fsp3) is 0.125. The zero-order valence-electron chi connectivity index (χ0n) is 13.8. The van der Waals surface area contributed by atoms with Crippen LogP contribution in [0.25, 0.3) is 0 Å². The second kappa shape index (κ2) is 8.33. The molecule has 0 unspecified atom stereocenters. The molecule has 2 rings (SSSR count). The smallest absolute Gasteiger partial charge is 0.272 e. The molecular formula is C16H16N6O4. The van der Waals surface area contributed by atoms with Gasteiger partial charge >= 0.3 is 0 Å². The molecular weight excluding hydrogens is 340 g/mol. The molecule has 10 heteroatoms. The van der Waals surface area contributed by atoms with E-state index in [4.69, 9.17) is 5.73 Å². The van der Waals surface area contributed by atoms with E-state index in [0.29, 0.717) is 11.4 Å². The topological polar surface area (TPSA) is 153 Å². The Kier molecular flexibility index (Phi) is 5.93. The number of nitrogen functional groups attached to an aromatic ring is 1. The van der Waals surface area contributed by atoms with Gasteiger partial charge in [-0.1, -0.05) is 0 Å². The molecule has 26 heavy (non-hydrogen) atoms. The summed E-state index contributed by atoms with van der Waals surface area (Å²) in [6.45, 7) is 1.56. The van der Waals surface area contributed by atoms with Crippen molar-refractivity contribution in [1.29, 1.82) is 0 Å². The lowest BCUT2D eigenvalue weighted by Crippen LogP contribution is -2.21. The van der Waals surface area contributed by atoms with Crippen LogP contribution in [0.5, 0.6) is 0 Å². The van der Waals surface area contributed by atoms with Gasteiger partial charge in [-0.2, -0.15) is 5.10 Å². The first-order valence-corrected chi connectivity index (χ1v) is 7.43. The number of carbonyl (C=O) groups excluding carboxylic acids is 2. The number of nitrogens with two attached hydrogens (primary N) is 1. The summed E-state index contributed by atoms with van der Waals surface area (Å²) in [5.41, 5.74) is 8.46. The van der Waals surface area contributed by atoms with Gasteiger partial charge in [-0.05, 0) is 25.1 Å². The number of hydrogen-bond donors (Lipinski definition) is 3. The van der Waals surface area contributed by atoms with Gasteiger partial charge in [-0.15, -0.1) is 0 Å². The minimum atomic E-state index is -0.674. The predicted molar refractivity (Wildman–Crippen MR) is 95.6 cm³/mol. The van der Waals surface area contributed by atoms with Crippen LogP contribution < -0.4 is 16.5 Å². The van der Waals surface area contributed by atoms with E-state index in [9.17, 15) is 19.7 Å². The number of nitrogens with one attached hydrogen (secondary N) is 2. The Labute approximate surface area is 148 Å². The number of hydrogen-bond acceptors (Lipinski definition) is 7. The first kappa shape index (κ1) is 18.5. The van der Waals surface area contributed by atoms with Crippen LogP contribution in [0.1, 0.15) is 23.7 Å². The molecule has 1 aromatic carbocycles. The molecule has 1 heterocycles. The van der Waals surface area contributed by atoms with Gasteiger partial charge in [0.2, 0.25) is 5.91 Å². The van der Waals surface area contributed by atoms with Crippen molar-refractivity contribution in [2.75, 3.05) is 11.1 Å². The third kappa shape index (κ3) is 5.37. The summed E-state index contributed by atoms with van der Waals surface area (Å²) in [6, 6.07) is 6.90. The zero-order chi connectivity index (χ0) is 19.1. The number of pyridine rings is 1. The molecule has 0 spiro atoms. The zero-order valence-corrected chi connectivity index (χ0v) is 13.8. The summed E-state index contributed by atoms with van der Waals surface area (Å²) < 4.78 is 0. The molecule has 2 aromatic rings. The summed E-state index contributed by atoms with van der Waals surface area (Å²) in [5.74, 6) is -1.000. The van der Waals surface area contributed by atoms with E-state index in [1.807, 2.05) is 0 Å². The number of anilines is 2. The fourth-order valence-electron chi connectivity index (χ4n) is 2.00. The van der Waals surface area contributed by atoms with Crippen LogP contribution in [0.3, 0.4) is 0 Å². The molecule has 10 nitrogen and oxygen atoms in total. The van der Waals surface area contributed by atoms with Crippen LogP contribution in [0.15, 0.2) is 47.8 Å². The van der Waals surface area contributed by atoms with Crippen LogP contribution in [-0.4, -0.2) is 27.4 Å². The summed E-state index contributed by atoms with van der Waals surface area (Å²) in [6.07, 6.45) is 3.03. The lowest BCUT2D eigenvalue weighted by Gasteiger charge is -2.05. The van der Waals surface area contributed by atoms with E-state index in [2.05, 4.69) is 20.8 Å². The van der Waals surface area contributed by atoms with Gasteiger partial charge in [0.1, 0.15) is 0 Å². The lowest BCUT2D eigenvalue weighted by molar-refractivity contribution is -0.384. The van der Waals surface area contributed by atoms with Gasteiger partial charge in [0.15, 0.2) is 0 Å². The minimum Gasteiger partial charge on any atom is -0.399 e. The Morgan fingerprint density at radius 1 is 1.35 bits per heavy atom. The van der Waals surface area contributed by atoms with Crippen molar-refractivity contribution in [3.8, 4) is 0 Å². The highest BCUT2D eigenvalue weighted by Crippen LogP contribution is 2.18. The molecule has 0 bridgehead atoms. The van der Waals surface area contributed by atoms with E-state index in [-0.39, 0.29) is 29.3 Å². The highest BCUT2D eigenvalue weighted by atomic mass is 16.6. The van der Waals surface area contributed by atoms with Gasteiger partial charge in [0.25, 0.3) is 11.6 Å². The van der Waals surface area contributed by atoms with Gasteiger partial charge in [-0.25, -0.2) is 5.43 Å². The number of hydrazone groups is 1. The SMILES string of the molecule is C/C(CC(=O)Nc1cccnc1)=N\NC(=O)c1cc(N)cc([N+](=O)[O-])c1. The highest BCUT2D eigenvalue weighted by molar-refractivity contribution is 6.06. The first-order chi connectivity index (χ1) is 12.3. The van der Waals surface area contributed by atoms with E-state index in [1.165, 1.54) is 12.3 Å². The molecule has 2 amide bonds. The minimum absolute atomic E-state index is 0.00642. The largest absolute Gasteiger partial charge is 0.399 e. The molecule has 0 aliphatic heterocycles. The number of nitrogens with zero attached hydrogens (tertiary/aromatic N) is 3. The highest BCUT2D eigenvalue weighted by Gasteiger charge is 2.13. The third-order valence-corrected chi connectivity index (χ3v) is 3.12. The molecule has 4 N–H and O–H groups in total. The van der Waals surface area contributed by atoms with Crippen LogP contribution in [0.2, 0.25) is 0 Å². The van der Waals surface area contributed by atoms with Gasteiger partial charge in [0.05, 0.1) is 28.8 Å². The fourth-order valence-corrected chi connectivity index (χ4v) is 2.00. The first-order valence-electron chi connectivity index (χ1n) is 7.43. The van der Waals surface area contributed by atoms with Crippen LogP contribution >= 0.6 is 0 Å². The van der Waals surface area contributed by atoms with E-state index >= 15 is 0 Å². The number of non-ortho nitro benzene ring substituents is 1.